The molecule has 3 unspecified atom stereocenters. The summed E-state index contributed by atoms with van der Waals surface area (Å²) in [6, 6.07) is -0.916. The first-order valence-corrected chi connectivity index (χ1v) is 35.4. The molecule has 3 atom stereocenters. The highest BCUT2D eigenvalue weighted by Gasteiger charge is 2.27. The van der Waals surface area contributed by atoms with E-state index >= 15 is 0 Å². The van der Waals surface area contributed by atoms with Crippen molar-refractivity contribution in [3.05, 3.63) is 122 Å². The lowest BCUT2D eigenvalue weighted by atomic mass is 10.0. The Morgan fingerprint density at radius 2 is 0.819 bits per heavy atom. The van der Waals surface area contributed by atoms with Gasteiger partial charge >= 0.3 is 5.97 Å². The zero-order valence-electron chi connectivity index (χ0n) is 54.4. The predicted molar refractivity (Wildman–Crippen MR) is 357 cm³/mol. The van der Waals surface area contributed by atoms with Crippen molar-refractivity contribution in [1.29, 1.82) is 0 Å². The summed E-state index contributed by atoms with van der Waals surface area (Å²) in [5, 5.41) is 3.03. The Bertz CT molecular complexity index is 1830. The van der Waals surface area contributed by atoms with Crippen molar-refractivity contribution in [2.24, 2.45) is 0 Å². The van der Waals surface area contributed by atoms with E-state index in [4.69, 9.17) is 13.8 Å². The van der Waals surface area contributed by atoms with Gasteiger partial charge in [0, 0.05) is 12.8 Å². The van der Waals surface area contributed by atoms with Crippen molar-refractivity contribution < 1.29 is 37.3 Å². The molecule has 0 aliphatic rings. The SMILES string of the molecule is CC\C=C/C=C/C=C/C=C\C=C\C=C\CCCCCC(=O)OC(/C=C\CCCCCCCCCCCCC)C(COP(=O)([O-])OCC[N+](C)(C)C)NC(=O)CCCCCCCCCCCCCCCC/C=C\C/C=C\C/C=C\CCCCC. The number of nitrogens with one attached hydrogen (secondary N) is 1. The van der Waals surface area contributed by atoms with Crippen LogP contribution in [0.5, 0.6) is 0 Å². The fraction of sp³-hybridized carbons (Fsp3) is 0.699. The van der Waals surface area contributed by atoms with E-state index in [-0.39, 0.29) is 24.9 Å². The number of phosphoric acid groups is 1. The molecule has 0 aromatic rings. The van der Waals surface area contributed by atoms with Crippen LogP contribution in [0.25, 0.3) is 0 Å². The molecular weight excluding hydrogens is 1050 g/mol. The largest absolute Gasteiger partial charge is 0.756 e. The summed E-state index contributed by atoms with van der Waals surface area (Å²) in [7, 11) is 1.15. The normalized spacial score (nSPS) is 14.3. The zero-order valence-corrected chi connectivity index (χ0v) is 55.3. The lowest BCUT2D eigenvalue weighted by Crippen LogP contribution is -2.47. The van der Waals surface area contributed by atoms with Crippen LogP contribution in [0.1, 0.15) is 278 Å². The molecule has 0 heterocycles. The third kappa shape index (κ3) is 62.8. The van der Waals surface area contributed by atoms with Gasteiger partial charge in [-0.05, 0) is 89.5 Å². The van der Waals surface area contributed by atoms with Crippen molar-refractivity contribution in [3.63, 3.8) is 0 Å². The number of allylic oxidation sites excluding steroid dienone is 19. The predicted octanol–water partition coefficient (Wildman–Crippen LogP) is 20.8. The lowest BCUT2D eigenvalue weighted by Gasteiger charge is -2.30. The van der Waals surface area contributed by atoms with Gasteiger partial charge in [0.25, 0.3) is 7.82 Å². The summed E-state index contributed by atoms with van der Waals surface area (Å²) in [6.07, 6.45) is 86.0. The third-order valence-corrected chi connectivity index (χ3v) is 15.5. The molecule has 0 spiro atoms. The van der Waals surface area contributed by atoms with E-state index in [0.29, 0.717) is 23.9 Å². The molecule has 0 bridgehead atoms. The number of rotatable bonds is 60. The van der Waals surface area contributed by atoms with Crippen LogP contribution in [-0.2, 0) is 27.9 Å². The number of nitrogens with zero attached hydrogens (tertiary/aromatic N) is 1. The van der Waals surface area contributed by atoms with E-state index in [1.165, 1.54) is 154 Å². The minimum Gasteiger partial charge on any atom is -0.756 e. The van der Waals surface area contributed by atoms with Gasteiger partial charge in [-0.1, -0.05) is 297 Å². The van der Waals surface area contributed by atoms with Crippen LogP contribution in [0, 0.1) is 0 Å². The minimum atomic E-state index is -4.72. The second-order valence-electron chi connectivity index (χ2n) is 23.7. The smallest absolute Gasteiger partial charge is 0.306 e. The van der Waals surface area contributed by atoms with Gasteiger partial charge in [-0.3, -0.25) is 14.2 Å². The van der Waals surface area contributed by atoms with Gasteiger partial charge in [-0.2, -0.15) is 0 Å². The van der Waals surface area contributed by atoms with Crippen LogP contribution >= 0.6 is 7.82 Å². The first-order chi connectivity index (χ1) is 40.4. The quantitative estimate of drug-likeness (QED) is 0.0161. The molecule has 1 N–H and O–H groups in total. The molecule has 0 rings (SSSR count). The van der Waals surface area contributed by atoms with E-state index in [1.54, 1.807) is 0 Å². The van der Waals surface area contributed by atoms with Crippen LogP contribution in [0.15, 0.2) is 122 Å². The van der Waals surface area contributed by atoms with Crippen LogP contribution in [0.4, 0.5) is 0 Å². The molecule has 0 saturated heterocycles. The molecule has 10 heteroatoms. The van der Waals surface area contributed by atoms with Crippen LogP contribution < -0.4 is 10.2 Å². The first kappa shape index (κ1) is 79.4. The van der Waals surface area contributed by atoms with Crippen molar-refractivity contribution in [1.82, 2.24) is 5.32 Å². The van der Waals surface area contributed by atoms with E-state index in [9.17, 15) is 19.0 Å². The molecular formula is C73H127N2O7P. The molecule has 9 nitrogen and oxygen atoms in total. The Kier molecular flexibility index (Phi) is 58.8. The summed E-state index contributed by atoms with van der Waals surface area (Å²) >= 11 is 0. The number of carbonyl (C=O) groups is 2. The minimum absolute atomic E-state index is 0.0357. The van der Waals surface area contributed by atoms with Crippen LogP contribution in [0.2, 0.25) is 0 Å². The molecule has 476 valence electrons. The summed E-state index contributed by atoms with van der Waals surface area (Å²) in [4.78, 5) is 40.1. The van der Waals surface area contributed by atoms with Gasteiger partial charge in [0.2, 0.25) is 5.91 Å². The Hall–Kier alpha value is -3.59. The molecule has 0 saturated carbocycles. The number of carbonyl (C=O) groups excluding carboxylic acids is 2. The van der Waals surface area contributed by atoms with Crippen molar-refractivity contribution in [3.8, 4) is 0 Å². The maximum atomic E-state index is 13.6. The van der Waals surface area contributed by atoms with Crippen molar-refractivity contribution in [2.45, 2.75) is 290 Å². The number of quaternary nitrogens is 1. The first-order valence-electron chi connectivity index (χ1n) is 33.9. The Morgan fingerprint density at radius 1 is 0.446 bits per heavy atom. The molecule has 83 heavy (non-hydrogen) atoms. The van der Waals surface area contributed by atoms with Crippen LogP contribution in [0.3, 0.4) is 0 Å². The summed E-state index contributed by atoms with van der Waals surface area (Å²) in [6.45, 7) is 6.65. The Morgan fingerprint density at radius 3 is 1.30 bits per heavy atom. The molecule has 0 fully saturated rings. The van der Waals surface area contributed by atoms with Gasteiger partial charge < -0.3 is 28.5 Å². The number of esters is 1. The summed E-state index contributed by atoms with van der Waals surface area (Å²) in [5.41, 5.74) is 0. The maximum absolute atomic E-state index is 13.6. The molecule has 0 aliphatic carbocycles. The fourth-order valence-corrected chi connectivity index (χ4v) is 10.0. The number of hydrogen-bond acceptors (Lipinski definition) is 7. The topological polar surface area (TPSA) is 114 Å². The van der Waals surface area contributed by atoms with Gasteiger partial charge in [-0.25, -0.2) is 0 Å². The average Bonchev–Trinajstić information content (AvgIpc) is 3.47. The Balaban J connectivity index is 5.16. The van der Waals surface area contributed by atoms with E-state index in [1.807, 2.05) is 94.1 Å². The average molecular weight is 1180 g/mol. The van der Waals surface area contributed by atoms with Gasteiger partial charge in [0.05, 0.1) is 33.8 Å². The molecule has 0 radical (unpaired) electrons. The monoisotopic (exact) mass is 1170 g/mol. The highest BCUT2D eigenvalue weighted by molar-refractivity contribution is 7.45. The highest BCUT2D eigenvalue weighted by atomic mass is 31.2. The molecule has 0 aromatic heterocycles. The second-order valence-corrected chi connectivity index (χ2v) is 25.2. The summed E-state index contributed by atoms with van der Waals surface area (Å²) < 4.78 is 30.4. The van der Waals surface area contributed by atoms with E-state index in [0.717, 1.165) is 83.5 Å². The number of likely N-dealkylation sites (N-methyl/N-ethyl adjacent to an activating group) is 1. The Labute approximate surface area is 512 Å². The molecule has 1 amide bonds. The zero-order chi connectivity index (χ0) is 60.7. The van der Waals surface area contributed by atoms with Crippen molar-refractivity contribution >= 4 is 19.7 Å². The number of amides is 1. The highest BCUT2D eigenvalue weighted by Crippen LogP contribution is 2.38. The summed E-state index contributed by atoms with van der Waals surface area (Å²) in [5.74, 6) is -0.595. The number of unbranched alkanes of at least 4 members (excludes halogenated alkanes) is 31. The van der Waals surface area contributed by atoms with E-state index in [2.05, 4.69) is 74.7 Å². The molecule has 0 aromatic carbocycles. The second kappa shape index (κ2) is 61.5. The number of ether oxygens (including phenoxy) is 1. The number of phosphoric ester groups is 1. The standard InChI is InChI=1S/C73H127N2O7P/c1-7-10-13-16-19-22-25-28-30-32-33-34-35-36-37-38-39-40-41-43-44-47-50-53-56-59-62-65-72(76)74-70(69-81-83(78,79)80-68-67-75(4,5)6)71(64-61-58-55-52-49-46-27-24-21-18-15-12-9-3)82-73(77)66-63-60-57-54-51-48-45-42-31-29-26-23-20-17-14-11-8-2/h11,14,17,19-20,22-23,26,28-31,33-34,42,45,48,51,61,64,70-71H,7-10,12-13,15-16,18,21,24-25,27,32,35-41,43-44,46-47,49-50,52-60,62-63,65-69H2,1-6H3,(H-,74,76,78,79)/b14-11-,20-17+,22-19-,26-23+,30-28-,31-29-,34-33-,45-42+,51-48+,64-61-. The van der Waals surface area contributed by atoms with Gasteiger partial charge in [0.15, 0.2) is 0 Å². The molecule has 0 aliphatic heterocycles. The van der Waals surface area contributed by atoms with E-state index < -0.39 is 26.6 Å². The number of hydrogen-bond donors (Lipinski definition) is 1. The fourth-order valence-electron chi connectivity index (χ4n) is 9.33. The van der Waals surface area contributed by atoms with Gasteiger partial charge in [0.1, 0.15) is 19.3 Å². The lowest BCUT2D eigenvalue weighted by molar-refractivity contribution is -0.870. The van der Waals surface area contributed by atoms with Crippen LogP contribution in [-0.4, -0.2) is 69.4 Å². The maximum Gasteiger partial charge on any atom is 0.306 e. The van der Waals surface area contributed by atoms with Gasteiger partial charge in [-0.15, -0.1) is 0 Å². The third-order valence-electron chi connectivity index (χ3n) is 14.5. The van der Waals surface area contributed by atoms with Crippen molar-refractivity contribution in [2.75, 3.05) is 40.9 Å².